The van der Waals surface area contributed by atoms with Crippen molar-refractivity contribution in [3.8, 4) is 5.75 Å². The van der Waals surface area contributed by atoms with Gasteiger partial charge in [-0.2, -0.15) is 0 Å². The number of nitrogens with zero attached hydrogens (tertiary/aromatic N) is 1. The fraction of sp³-hybridized carbons (Fsp3) is 0.217. The van der Waals surface area contributed by atoms with E-state index >= 15 is 0 Å². The lowest BCUT2D eigenvalue weighted by atomic mass is 9.72. The Hall–Kier alpha value is -3.41. The van der Waals surface area contributed by atoms with Gasteiger partial charge in [0.25, 0.3) is 0 Å². The average molecular weight is 390 g/mol. The van der Waals surface area contributed by atoms with Gasteiger partial charge in [-0.25, -0.2) is 4.39 Å². The molecular formula is C23H19FN2O3. The first-order valence-corrected chi connectivity index (χ1v) is 9.55. The summed E-state index contributed by atoms with van der Waals surface area (Å²) in [6.45, 7) is 1.85. The van der Waals surface area contributed by atoms with Crippen LogP contribution in [0.5, 0.6) is 5.75 Å². The molecule has 146 valence electrons. The van der Waals surface area contributed by atoms with Crippen molar-refractivity contribution in [1.82, 2.24) is 5.16 Å². The van der Waals surface area contributed by atoms with E-state index in [9.17, 15) is 14.3 Å². The largest absolute Gasteiger partial charge is 0.508 e. The molecule has 0 saturated heterocycles. The summed E-state index contributed by atoms with van der Waals surface area (Å²) in [6, 6.07) is 13.2. The monoisotopic (exact) mass is 390 g/mol. The summed E-state index contributed by atoms with van der Waals surface area (Å²) in [5, 5.41) is 16.9. The number of aryl methyl sites for hydroxylation is 1. The van der Waals surface area contributed by atoms with Crippen LogP contribution in [0.15, 0.2) is 64.3 Å². The third-order valence-electron chi connectivity index (χ3n) is 5.83. The first kappa shape index (κ1) is 17.7. The topological polar surface area (TPSA) is 75.4 Å². The molecule has 0 spiro atoms. The van der Waals surface area contributed by atoms with Crippen LogP contribution in [-0.4, -0.2) is 16.0 Å². The van der Waals surface area contributed by atoms with Crippen LogP contribution in [0, 0.1) is 12.7 Å². The maximum atomic E-state index is 13.5. The van der Waals surface area contributed by atoms with Crippen LogP contribution < -0.4 is 5.32 Å². The van der Waals surface area contributed by atoms with Crippen molar-refractivity contribution >= 4 is 11.7 Å². The van der Waals surface area contributed by atoms with Gasteiger partial charge in [0.2, 0.25) is 5.88 Å². The molecule has 0 radical (unpaired) electrons. The van der Waals surface area contributed by atoms with Crippen molar-refractivity contribution in [3.05, 3.63) is 88.0 Å². The second-order valence-corrected chi connectivity index (χ2v) is 7.63. The Bertz CT molecular complexity index is 1130. The third-order valence-corrected chi connectivity index (χ3v) is 5.83. The molecule has 2 heterocycles. The Labute approximate surface area is 166 Å². The van der Waals surface area contributed by atoms with Gasteiger partial charge in [0.1, 0.15) is 11.6 Å². The predicted molar refractivity (Wildman–Crippen MR) is 105 cm³/mol. The number of carbonyl (C=O) groups excluding carboxylic acids is 1. The van der Waals surface area contributed by atoms with Crippen LogP contribution in [0.25, 0.3) is 0 Å². The molecule has 6 heteroatoms. The fourth-order valence-corrected chi connectivity index (χ4v) is 4.44. The van der Waals surface area contributed by atoms with Gasteiger partial charge in [0.05, 0.1) is 11.3 Å². The maximum absolute atomic E-state index is 13.5. The molecule has 3 aromatic rings. The van der Waals surface area contributed by atoms with Crippen LogP contribution in [0.1, 0.15) is 47.1 Å². The third kappa shape index (κ3) is 2.92. The molecule has 2 N–H and O–H groups in total. The number of hydrogen-bond donors (Lipinski definition) is 2. The zero-order valence-corrected chi connectivity index (χ0v) is 15.8. The molecule has 29 heavy (non-hydrogen) atoms. The van der Waals surface area contributed by atoms with Crippen molar-refractivity contribution in [2.45, 2.75) is 31.6 Å². The lowest BCUT2D eigenvalue weighted by molar-refractivity contribution is -0.116. The minimum Gasteiger partial charge on any atom is -0.508 e. The number of nitrogens with one attached hydrogen (secondary N) is 1. The number of halogens is 1. The molecule has 5 nitrogen and oxygen atoms in total. The second-order valence-electron chi connectivity index (χ2n) is 7.63. The smallest absolute Gasteiger partial charge is 0.233 e. The van der Waals surface area contributed by atoms with E-state index in [0.29, 0.717) is 30.0 Å². The normalized spacial score (nSPS) is 20.8. The van der Waals surface area contributed by atoms with Gasteiger partial charge >= 0.3 is 0 Å². The highest BCUT2D eigenvalue weighted by atomic mass is 19.1. The fourth-order valence-electron chi connectivity index (χ4n) is 4.44. The zero-order valence-electron chi connectivity index (χ0n) is 15.8. The van der Waals surface area contributed by atoms with Crippen molar-refractivity contribution in [3.63, 3.8) is 0 Å². The van der Waals surface area contributed by atoms with E-state index in [2.05, 4.69) is 10.5 Å². The molecule has 1 aliphatic heterocycles. The van der Waals surface area contributed by atoms with Crippen LogP contribution >= 0.6 is 0 Å². The van der Waals surface area contributed by atoms with E-state index < -0.39 is 0 Å². The second kappa shape index (κ2) is 6.58. The van der Waals surface area contributed by atoms with E-state index in [0.717, 1.165) is 22.4 Å². The summed E-state index contributed by atoms with van der Waals surface area (Å²) in [6.07, 6.45) is 1.02. The SMILES string of the molecule is Cc1noc2c1[C@H](c1ccc(F)cc1)C1=C(C[C@@H](c3ccc(O)cc3)CC1=O)N2. The lowest BCUT2D eigenvalue weighted by Crippen LogP contribution is -2.29. The van der Waals surface area contributed by atoms with E-state index in [1.165, 1.54) is 12.1 Å². The van der Waals surface area contributed by atoms with E-state index in [1.807, 2.05) is 19.1 Å². The van der Waals surface area contributed by atoms with Crippen molar-refractivity contribution in [2.75, 3.05) is 5.32 Å². The number of Topliss-reactive ketones (excluding diaryl/α,β-unsaturated/α-hetero) is 1. The Balaban J connectivity index is 1.61. The molecule has 1 aliphatic carbocycles. The van der Waals surface area contributed by atoms with E-state index in [4.69, 9.17) is 4.52 Å². The number of allylic oxidation sites excluding steroid dienone is 2. The molecule has 0 fully saturated rings. The quantitative estimate of drug-likeness (QED) is 0.658. The van der Waals surface area contributed by atoms with E-state index in [1.54, 1.807) is 24.3 Å². The average Bonchev–Trinajstić information content (AvgIpc) is 3.08. The number of fused-ring (bicyclic) bond motifs is 1. The summed E-state index contributed by atoms with van der Waals surface area (Å²) in [5.74, 6) is 0.147. The summed E-state index contributed by atoms with van der Waals surface area (Å²) in [4.78, 5) is 13.3. The molecule has 0 saturated carbocycles. The molecule has 2 atom stereocenters. The molecule has 5 rings (SSSR count). The van der Waals surface area contributed by atoms with Crippen LogP contribution in [-0.2, 0) is 4.79 Å². The van der Waals surface area contributed by atoms with Crippen molar-refractivity contribution in [2.24, 2.45) is 0 Å². The highest BCUT2D eigenvalue weighted by molar-refractivity contribution is 6.01. The summed E-state index contributed by atoms with van der Waals surface area (Å²) < 4.78 is 19.0. The lowest BCUT2D eigenvalue weighted by Gasteiger charge is -2.34. The van der Waals surface area contributed by atoms with Crippen LogP contribution in [0.3, 0.4) is 0 Å². The van der Waals surface area contributed by atoms with Crippen LogP contribution in [0.4, 0.5) is 10.3 Å². The van der Waals surface area contributed by atoms with Gasteiger partial charge < -0.3 is 14.9 Å². The van der Waals surface area contributed by atoms with Gasteiger partial charge in [0, 0.05) is 23.6 Å². The van der Waals surface area contributed by atoms with Gasteiger partial charge in [-0.15, -0.1) is 0 Å². The molecule has 2 aliphatic rings. The van der Waals surface area contributed by atoms with Crippen molar-refractivity contribution in [1.29, 1.82) is 0 Å². The zero-order chi connectivity index (χ0) is 20.1. The number of phenols is 1. The highest BCUT2D eigenvalue weighted by Crippen LogP contribution is 2.49. The number of anilines is 1. The first-order chi connectivity index (χ1) is 14.0. The number of aromatic nitrogens is 1. The molecule has 0 amide bonds. The Morgan fingerprint density at radius 3 is 2.48 bits per heavy atom. The van der Waals surface area contributed by atoms with Crippen molar-refractivity contribution < 1.29 is 18.8 Å². The molecule has 2 aromatic carbocycles. The van der Waals surface area contributed by atoms with E-state index in [-0.39, 0.29) is 29.2 Å². The number of aromatic hydroxyl groups is 1. The minimum absolute atomic E-state index is 0.00814. The predicted octanol–water partition coefficient (Wildman–Crippen LogP) is 4.79. The van der Waals surface area contributed by atoms with Gasteiger partial charge in [-0.1, -0.05) is 29.4 Å². The Morgan fingerprint density at radius 2 is 1.76 bits per heavy atom. The molecule has 0 unspecified atom stereocenters. The molecular weight excluding hydrogens is 371 g/mol. The van der Waals surface area contributed by atoms with Crippen LogP contribution in [0.2, 0.25) is 0 Å². The number of rotatable bonds is 2. The molecule has 0 bridgehead atoms. The maximum Gasteiger partial charge on any atom is 0.233 e. The van der Waals surface area contributed by atoms with Gasteiger partial charge in [0.15, 0.2) is 5.78 Å². The highest BCUT2D eigenvalue weighted by Gasteiger charge is 2.41. The minimum atomic E-state index is -0.332. The Kier molecular flexibility index (Phi) is 4.01. The summed E-state index contributed by atoms with van der Waals surface area (Å²) in [5.41, 5.74) is 4.89. The summed E-state index contributed by atoms with van der Waals surface area (Å²) >= 11 is 0. The number of benzene rings is 2. The molecule has 1 aromatic heterocycles. The number of ketones is 1. The first-order valence-electron chi connectivity index (χ1n) is 9.55. The number of carbonyl (C=O) groups is 1. The Morgan fingerprint density at radius 1 is 1.07 bits per heavy atom. The van der Waals surface area contributed by atoms with Gasteiger partial charge in [-0.05, 0) is 54.7 Å². The standard InChI is InChI=1S/C23H19FN2O3/c1-12-20-21(14-2-6-16(24)7-3-14)22-18(25-23(20)29-26-12)10-15(11-19(22)28)13-4-8-17(27)9-5-13/h2-9,15,21,25,27H,10-11H2,1H3/t15-,21+/m1/s1. The van der Waals surface area contributed by atoms with Gasteiger partial charge in [-0.3, -0.25) is 4.79 Å². The number of phenolic OH excluding ortho intramolecular Hbond substituents is 1. The number of hydrogen-bond acceptors (Lipinski definition) is 5. The summed E-state index contributed by atoms with van der Waals surface area (Å²) in [7, 11) is 0.